The summed E-state index contributed by atoms with van der Waals surface area (Å²) in [5.41, 5.74) is 1.34. The van der Waals surface area contributed by atoms with Crippen molar-refractivity contribution < 1.29 is 4.42 Å². The fraction of sp³-hybridized carbons (Fsp3) is 0.190. The lowest BCUT2D eigenvalue weighted by atomic mass is 10.2. The van der Waals surface area contributed by atoms with Crippen LogP contribution in [0.1, 0.15) is 11.4 Å². The van der Waals surface area contributed by atoms with E-state index < -0.39 is 0 Å². The van der Waals surface area contributed by atoms with Crippen LogP contribution in [0.5, 0.6) is 0 Å². The number of fused-ring (bicyclic) bond motifs is 1. The van der Waals surface area contributed by atoms with Crippen LogP contribution in [-0.2, 0) is 18.8 Å². The van der Waals surface area contributed by atoms with Gasteiger partial charge in [-0.2, -0.15) is 5.26 Å². The highest BCUT2D eigenvalue weighted by atomic mass is 32.2. The first-order valence-corrected chi connectivity index (χ1v) is 10.2. The maximum Gasteiger partial charge on any atom is 0.262 e. The van der Waals surface area contributed by atoms with Crippen molar-refractivity contribution in [3.05, 3.63) is 71.0 Å². The van der Waals surface area contributed by atoms with Gasteiger partial charge in [-0.3, -0.25) is 13.9 Å². The summed E-state index contributed by atoms with van der Waals surface area (Å²) < 4.78 is 8.87. The molecule has 0 saturated carbocycles. The molecule has 3 aromatic heterocycles. The highest BCUT2D eigenvalue weighted by Gasteiger charge is 2.19. The number of benzene rings is 1. The Labute approximate surface area is 176 Å². The van der Waals surface area contributed by atoms with Gasteiger partial charge in [-0.1, -0.05) is 30.0 Å². The molecule has 1 aromatic carbocycles. The normalized spacial score (nSPS) is 10.9. The predicted molar refractivity (Wildman–Crippen MR) is 114 cm³/mol. The summed E-state index contributed by atoms with van der Waals surface area (Å²) in [4.78, 5) is 17.4. The van der Waals surface area contributed by atoms with Crippen LogP contribution in [-0.4, -0.2) is 24.3 Å². The molecule has 30 heavy (non-hydrogen) atoms. The third-order valence-electron chi connectivity index (χ3n) is 4.59. The second-order valence-corrected chi connectivity index (χ2v) is 7.46. The van der Waals surface area contributed by atoms with Crippen LogP contribution < -0.4 is 5.56 Å². The number of nitrogens with zero attached hydrogens (tertiary/aromatic N) is 6. The van der Waals surface area contributed by atoms with Crippen molar-refractivity contribution >= 4 is 22.7 Å². The monoisotopic (exact) mass is 418 g/mol. The summed E-state index contributed by atoms with van der Waals surface area (Å²) in [6, 6.07) is 11.0. The van der Waals surface area contributed by atoms with Gasteiger partial charge < -0.3 is 4.42 Å². The van der Waals surface area contributed by atoms with Gasteiger partial charge in [0.25, 0.3) is 5.56 Å². The van der Waals surface area contributed by atoms with Crippen molar-refractivity contribution in [2.45, 2.75) is 30.9 Å². The van der Waals surface area contributed by atoms with E-state index in [1.165, 1.54) is 16.3 Å². The summed E-state index contributed by atoms with van der Waals surface area (Å²) in [5, 5.41) is 18.9. The Morgan fingerprint density at radius 2 is 2.10 bits per heavy atom. The number of nitriles is 1. The molecule has 4 aromatic rings. The molecule has 8 nitrogen and oxygen atoms in total. The summed E-state index contributed by atoms with van der Waals surface area (Å²) in [6.45, 7) is 6.19. The molecule has 9 heteroatoms. The van der Waals surface area contributed by atoms with E-state index in [1.807, 2.05) is 29.7 Å². The van der Waals surface area contributed by atoms with Crippen LogP contribution in [0, 0.1) is 18.3 Å². The van der Waals surface area contributed by atoms with Crippen molar-refractivity contribution in [2.24, 2.45) is 0 Å². The molecule has 0 bridgehead atoms. The number of aromatic nitrogens is 5. The zero-order chi connectivity index (χ0) is 21.1. The zero-order valence-corrected chi connectivity index (χ0v) is 17.1. The molecule has 4 rings (SSSR count). The Morgan fingerprint density at radius 1 is 1.27 bits per heavy atom. The van der Waals surface area contributed by atoms with Gasteiger partial charge in [0.2, 0.25) is 5.82 Å². The maximum atomic E-state index is 12.8. The lowest BCUT2D eigenvalue weighted by Crippen LogP contribution is -2.24. The minimum Gasteiger partial charge on any atom is -0.461 e. The Balaban J connectivity index is 1.71. The van der Waals surface area contributed by atoms with E-state index in [0.717, 1.165) is 5.56 Å². The Hall–Kier alpha value is -3.64. The van der Waals surface area contributed by atoms with E-state index in [9.17, 15) is 10.1 Å². The minimum atomic E-state index is -0.225. The van der Waals surface area contributed by atoms with Crippen LogP contribution in [0.2, 0.25) is 0 Å². The molecule has 150 valence electrons. The fourth-order valence-electron chi connectivity index (χ4n) is 3.15. The number of hydrogen-bond acceptors (Lipinski definition) is 7. The number of rotatable bonds is 7. The molecular weight excluding hydrogens is 400 g/mol. The number of allylic oxidation sites excluding steroid dienone is 1. The van der Waals surface area contributed by atoms with E-state index in [4.69, 9.17) is 4.42 Å². The largest absolute Gasteiger partial charge is 0.461 e. The summed E-state index contributed by atoms with van der Waals surface area (Å²) >= 11 is 1.39. The molecule has 0 aliphatic heterocycles. The smallest absolute Gasteiger partial charge is 0.262 e. The van der Waals surface area contributed by atoms with Crippen LogP contribution in [0.25, 0.3) is 22.5 Å². The highest BCUT2D eigenvalue weighted by Crippen LogP contribution is 2.28. The van der Waals surface area contributed by atoms with Crippen LogP contribution in [0.3, 0.4) is 0 Å². The van der Waals surface area contributed by atoms with Crippen LogP contribution >= 0.6 is 11.8 Å². The van der Waals surface area contributed by atoms with E-state index in [2.05, 4.69) is 21.8 Å². The number of aryl methyl sites for hydroxylation is 1. The number of thioether (sulfide) groups is 1. The average Bonchev–Trinajstić information content (AvgIpc) is 3.35. The van der Waals surface area contributed by atoms with E-state index in [0.29, 0.717) is 45.8 Å². The number of hydrogen-bond donors (Lipinski definition) is 0. The Kier molecular flexibility index (Phi) is 5.50. The van der Waals surface area contributed by atoms with E-state index in [-0.39, 0.29) is 12.1 Å². The summed E-state index contributed by atoms with van der Waals surface area (Å²) in [7, 11) is 0. The summed E-state index contributed by atoms with van der Waals surface area (Å²) in [6.07, 6.45) is 3.37. The van der Waals surface area contributed by atoms with Crippen molar-refractivity contribution in [1.29, 1.82) is 5.26 Å². The van der Waals surface area contributed by atoms with Crippen LogP contribution in [0.4, 0.5) is 0 Å². The van der Waals surface area contributed by atoms with Gasteiger partial charge in [0.15, 0.2) is 10.9 Å². The average molecular weight is 418 g/mol. The molecule has 0 fully saturated rings. The van der Waals surface area contributed by atoms with Crippen molar-refractivity contribution in [1.82, 2.24) is 24.3 Å². The van der Waals surface area contributed by atoms with Crippen molar-refractivity contribution in [3.8, 4) is 17.7 Å². The molecule has 0 spiro atoms. The quantitative estimate of drug-likeness (QED) is 0.334. The number of furan rings is 1. The molecular formula is C21H18N6O2S. The topological polar surface area (TPSA) is 103 Å². The molecule has 0 amide bonds. The van der Waals surface area contributed by atoms with Gasteiger partial charge in [-0.25, -0.2) is 4.98 Å². The van der Waals surface area contributed by atoms with Gasteiger partial charge in [0.05, 0.1) is 29.0 Å². The van der Waals surface area contributed by atoms with Gasteiger partial charge >= 0.3 is 0 Å². The predicted octanol–water partition coefficient (Wildman–Crippen LogP) is 3.56. The molecule has 0 unspecified atom stereocenters. The first kappa shape index (κ1) is 19.7. The third kappa shape index (κ3) is 3.53. The van der Waals surface area contributed by atoms with E-state index >= 15 is 0 Å². The second-order valence-electron chi connectivity index (χ2n) is 6.52. The lowest BCUT2D eigenvalue weighted by Gasteiger charge is -2.11. The SMILES string of the molecule is C=CCn1c(SCc2nc3ccccc3c(=O)n2CC#N)nnc1-c1occc1C. The standard InChI is InChI=1S/C21H18N6O2S/c1-3-10-27-19(18-14(2)8-12-29-18)24-25-21(27)30-13-17-23-16-7-5-4-6-15(16)20(28)26(17)11-9-22/h3-8,12H,1,10-11,13H2,2H3. The zero-order valence-electron chi connectivity index (χ0n) is 16.3. The number of para-hydroxylation sites is 1. The van der Waals surface area contributed by atoms with Crippen molar-refractivity contribution in [3.63, 3.8) is 0 Å². The Morgan fingerprint density at radius 3 is 2.83 bits per heavy atom. The molecule has 0 N–H and O–H groups in total. The highest BCUT2D eigenvalue weighted by molar-refractivity contribution is 7.98. The first-order valence-electron chi connectivity index (χ1n) is 9.20. The molecule has 0 atom stereocenters. The molecule has 0 radical (unpaired) electrons. The second kappa shape index (κ2) is 8.39. The maximum absolute atomic E-state index is 12.8. The lowest BCUT2D eigenvalue weighted by molar-refractivity contribution is 0.568. The Bertz CT molecular complexity index is 1330. The summed E-state index contributed by atoms with van der Waals surface area (Å²) in [5.74, 6) is 2.13. The molecule has 0 aliphatic carbocycles. The fourth-order valence-corrected chi connectivity index (χ4v) is 4.04. The molecule has 0 aliphatic rings. The van der Waals surface area contributed by atoms with E-state index in [1.54, 1.807) is 30.5 Å². The molecule has 0 saturated heterocycles. The van der Waals surface area contributed by atoms with Gasteiger partial charge in [-0.15, -0.1) is 16.8 Å². The third-order valence-corrected chi connectivity index (χ3v) is 5.56. The van der Waals surface area contributed by atoms with Crippen molar-refractivity contribution in [2.75, 3.05) is 0 Å². The molecule has 3 heterocycles. The van der Waals surface area contributed by atoms with Gasteiger partial charge in [0, 0.05) is 6.54 Å². The van der Waals surface area contributed by atoms with Crippen LogP contribution in [0.15, 0.2) is 63.6 Å². The van der Waals surface area contributed by atoms with Gasteiger partial charge in [-0.05, 0) is 30.7 Å². The van der Waals surface area contributed by atoms with Gasteiger partial charge in [0.1, 0.15) is 12.4 Å². The first-order chi connectivity index (χ1) is 14.6. The minimum absolute atomic E-state index is 0.0667.